The maximum atomic E-state index is 12.8. The number of aromatic nitrogens is 2. The SMILES string of the molecule is Cc1ccc(-c2cn3cccc(C)c3n2)cc1NC(=O)c1cc2ccccc2s1. The Kier molecular flexibility index (Phi) is 4.18. The largest absolute Gasteiger partial charge is 0.321 e. The van der Waals surface area contributed by atoms with Gasteiger partial charge in [-0.15, -0.1) is 11.3 Å². The van der Waals surface area contributed by atoms with Crippen LogP contribution in [-0.4, -0.2) is 15.3 Å². The van der Waals surface area contributed by atoms with Gasteiger partial charge in [0.25, 0.3) is 5.91 Å². The van der Waals surface area contributed by atoms with E-state index in [4.69, 9.17) is 4.98 Å². The predicted octanol–water partition coefficient (Wildman–Crippen LogP) is 6.09. The van der Waals surface area contributed by atoms with Gasteiger partial charge in [0.05, 0.1) is 10.6 Å². The van der Waals surface area contributed by atoms with Crippen LogP contribution in [0.15, 0.2) is 73.1 Å². The number of fused-ring (bicyclic) bond motifs is 2. The van der Waals surface area contributed by atoms with Gasteiger partial charge in [0.2, 0.25) is 0 Å². The van der Waals surface area contributed by atoms with Gasteiger partial charge in [0.1, 0.15) is 5.65 Å². The first-order valence-electron chi connectivity index (χ1n) is 9.44. The summed E-state index contributed by atoms with van der Waals surface area (Å²) in [6.07, 6.45) is 4.02. The van der Waals surface area contributed by atoms with Crippen molar-refractivity contribution in [2.45, 2.75) is 13.8 Å². The van der Waals surface area contributed by atoms with Gasteiger partial charge in [0.15, 0.2) is 0 Å². The van der Waals surface area contributed by atoms with Crippen LogP contribution in [0, 0.1) is 13.8 Å². The van der Waals surface area contributed by atoms with Gasteiger partial charge in [-0.2, -0.15) is 0 Å². The molecule has 1 amide bonds. The molecule has 0 atom stereocenters. The number of carbonyl (C=O) groups excluding carboxylic acids is 1. The summed E-state index contributed by atoms with van der Waals surface area (Å²) in [4.78, 5) is 18.3. The van der Waals surface area contributed by atoms with Gasteiger partial charge in [-0.1, -0.05) is 36.4 Å². The number of imidazole rings is 1. The van der Waals surface area contributed by atoms with Crippen LogP contribution < -0.4 is 5.32 Å². The molecule has 2 aromatic carbocycles. The minimum absolute atomic E-state index is 0.0858. The lowest BCUT2D eigenvalue weighted by atomic mass is 10.1. The molecule has 0 bridgehead atoms. The van der Waals surface area contributed by atoms with E-state index in [0.29, 0.717) is 4.88 Å². The lowest BCUT2D eigenvalue weighted by Crippen LogP contribution is -2.11. The van der Waals surface area contributed by atoms with E-state index in [9.17, 15) is 4.79 Å². The van der Waals surface area contributed by atoms with Gasteiger partial charge in [-0.25, -0.2) is 4.98 Å². The van der Waals surface area contributed by atoms with Crippen LogP contribution in [0.25, 0.3) is 27.0 Å². The molecule has 0 saturated carbocycles. The van der Waals surface area contributed by atoms with E-state index in [2.05, 4.69) is 18.3 Å². The Morgan fingerprint density at radius 1 is 1.00 bits per heavy atom. The Balaban J connectivity index is 1.48. The fourth-order valence-electron chi connectivity index (χ4n) is 3.49. The summed E-state index contributed by atoms with van der Waals surface area (Å²) in [5.74, 6) is -0.0858. The fraction of sp³-hybridized carbons (Fsp3) is 0.0833. The molecule has 1 N–H and O–H groups in total. The number of carbonyl (C=O) groups is 1. The Labute approximate surface area is 172 Å². The van der Waals surface area contributed by atoms with Crippen LogP contribution in [0.3, 0.4) is 0 Å². The first kappa shape index (κ1) is 17.6. The van der Waals surface area contributed by atoms with E-state index >= 15 is 0 Å². The third-order valence-electron chi connectivity index (χ3n) is 5.11. The summed E-state index contributed by atoms with van der Waals surface area (Å²) in [6.45, 7) is 4.05. The van der Waals surface area contributed by atoms with Crippen LogP contribution in [0.1, 0.15) is 20.8 Å². The second-order valence-corrected chi connectivity index (χ2v) is 8.26. The molecule has 0 fully saturated rings. The normalized spacial score (nSPS) is 11.2. The third kappa shape index (κ3) is 3.19. The van der Waals surface area contributed by atoms with Crippen LogP contribution >= 0.6 is 11.3 Å². The average molecular weight is 398 g/mol. The first-order chi connectivity index (χ1) is 14.1. The summed E-state index contributed by atoms with van der Waals surface area (Å²) in [7, 11) is 0. The molecular formula is C24H19N3OS. The predicted molar refractivity (Wildman–Crippen MR) is 120 cm³/mol. The zero-order valence-electron chi connectivity index (χ0n) is 16.1. The number of rotatable bonds is 3. The number of hydrogen-bond acceptors (Lipinski definition) is 3. The highest BCUT2D eigenvalue weighted by Crippen LogP contribution is 2.29. The number of nitrogens with zero attached hydrogens (tertiary/aromatic N) is 2. The van der Waals surface area contributed by atoms with Crippen molar-refractivity contribution in [2.24, 2.45) is 0 Å². The molecule has 0 radical (unpaired) electrons. The number of anilines is 1. The lowest BCUT2D eigenvalue weighted by Gasteiger charge is -2.09. The van der Waals surface area contributed by atoms with E-state index in [1.807, 2.05) is 78.3 Å². The fourth-order valence-corrected chi connectivity index (χ4v) is 4.44. The molecule has 3 aromatic heterocycles. The quantitative estimate of drug-likeness (QED) is 0.401. The molecule has 0 spiro atoms. The maximum Gasteiger partial charge on any atom is 0.265 e. The van der Waals surface area contributed by atoms with Gasteiger partial charge >= 0.3 is 0 Å². The average Bonchev–Trinajstić information content (AvgIpc) is 3.34. The number of thiophene rings is 1. The summed E-state index contributed by atoms with van der Waals surface area (Å²) in [6, 6.07) is 20.1. The van der Waals surface area contributed by atoms with E-state index in [1.165, 1.54) is 11.3 Å². The zero-order valence-corrected chi connectivity index (χ0v) is 17.0. The van der Waals surface area contributed by atoms with E-state index in [0.717, 1.165) is 43.8 Å². The highest BCUT2D eigenvalue weighted by Gasteiger charge is 2.13. The van der Waals surface area contributed by atoms with Crippen molar-refractivity contribution in [1.82, 2.24) is 9.38 Å². The molecule has 3 heterocycles. The molecule has 29 heavy (non-hydrogen) atoms. The minimum Gasteiger partial charge on any atom is -0.321 e. The summed E-state index contributed by atoms with van der Waals surface area (Å²) in [5, 5.41) is 4.17. The van der Waals surface area contributed by atoms with Crippen LogP contribution in [-0.2, 0) is 0 Å². The Hall–Kier alpha value is -3.44. The van der Waals surface area contributed by atoms with Gasteiger partial charge < -0.3 is 9.72 Å². The Bertz CT molecular complexity index is 1350. The second kappa shape index (κ2) is 6.87. The molecule has 5 aromatic rings. The summed E-state index contributed by atoms with van der Waals surface area (Å²) in [5.41, 5.74) is 5.76. The number of nitrogens with one attached hydrogen (secondary N) is 1. The smallest absolute Gasteiger partial charge is 0.265 e. The molecule has 0 saturated heterocycles. The topological polar surface area (TPSA) is 46.4 Å². The number of benzene rings is 2. The summed E-state index contributed by atoms with van der Waals surface area (Å²) < 4.78 is 3.14. The molecule has 5 heteroatoms. The Morgan fingerprint density at radius 3 is 2.69 bits per heavy atom. The van der Waals surface area contributed by atoms with Crippen LogP contribution in [0.2, 0.25) is 0 Å². The van der Waals surface area contributed by atoms with Crippen molar-refractivity contribution in [3.8, 4) is 11.3 Å². The lowest BCUT2D eigenvalue weighted by molar-refractivity contribution is 0.103. The minimum atomic E-state index is -0.0858. The number of pyridine rings is 1. The molecular weight excluding hydrogens is 378 g/mol. The number of amides is 1. The molecule has 0 unspecified atom stereocenters. The molecule has 4 nitrogen and oxygen atoms in total. The third-order valence-corrected chi connectivity index (χ3v) is 6.22. The van der Waals surface area contributed by atoms with Crippen molar-refractivity contribution in [3.63, 3.8) is 0 Å². The van der Waals surface area contributed by atoms with Crippen molar-refractivity contribution >= 4 is 38.7 Å². The van der Waals surface area contributed by atoms with Gasteiger partial charge in [0, 0.05) is 28.3 Å². The van der Waals surface area contributed by atoms with Crippen molar-refractivity contribution in [1.29, 1.82) is 0 Å². The van der Waals surface area contributed by atoms with Crippen LogP contribution in [0.5, 0.6) is 0 Å². The molecule has 0 aliphatic carbocycles. The summed E-state index contributed by atoms with van der Waals surface area (Å²) >= 11 is 1.51. The highest BCUT2D eigenvalue weighted by molar-refractivity contribution is 7.20. The number of aryl methyl sites for hydroxylation is 2. The Morgan fingerprint density at radius 2 is 1.86 bits per heavy atom. The molecule has 0 aliphatic rings. The van der Waals surface area contributed by atoms with Crippen molar-refractivity contribution in [2.75, 3.05) is 5.32 Å². The van der Waals surface area contributed by atoms with E-state index < -0.39 is 0 Å². The second-order valence-electron chi connectivity index (χ2n) is 7.18. The van der Waals surface area contributed by atoms with Crippen LogP contribution in [0.4, 0.5) is 5.69 Å². The highest BCUT2D eigenvalue weighted by atomic mass is 32.1. The van der Waals surface area contributed by atoms with Crippen molar-refractivity contribution in [3.05, 3.63) is 89.1 Å². The number of hydrogen-bond donors (Lipinski definition) is 1. The molecule has 5 rings (SSSR count). The van der Waals surface area contributed by atoms with Gasteiger partial charge in [-0.3, -0.25) is 4.79 Å². The van der Waals surface area contributed by atoms with Crippen molar-refractivity contribution < 1.29 is 4.79 Å². The molecule has 142 valence electrons. The van der Waals surface area contributed by atoms with Gasteiger partial charge in [-0.05, 0) is 54.6 Å². The standard InChI is InChI=1S/C24H19N3OS/c1-15-9-10-17(20-14-27-11-5-6-16(2)23(27)25-20)12-19(15)26-24(28)22-13-18-7-3-4-8-21(18)29-22/h3-14H,1-2H3,(H,26,28). The maximum absolute atomic E-state index is 12.8. The first-order valence-corrected chi connectivity index (χ1v) is 10.3. The molecule has 0 aliphatic heterocycles. The zero-order chi connectivity index (χ0) is 20.0. The van der Waals surface area contributed by atoms with E-state index in [-0.39, 0.29) is 5.91 Å². The van der Waals surface area contributed by atoms with E-state index in [1.54, 1.807) is 0 Å². The monoisotopic (exact) mass is 397 g/mol.